The molecule has 0 aromatic carbocycles. The Morgan fingerprint density at radius 2 is 1.00 bits per heavy atom. The summed E-state index contributed by atoms with van der Waals surface area (Å²) in [6, 6.07) is 0. The fraction of sp³-hybridized carbons (Fsp3) is 0. The molecule has 0 aromatic heterocycles. The number of rotatable bonds is 3. The van der Waals surface area contributed by atoms with Crippen molar-refractivity contribution in [1.29, 1.82) is 0 Å². The van der Waals surface area contributed by atoms with Gasteiger partial charge in [-0.25, -0.2) is 16.8 Å². The normalized spacial score (nSPS) is 12.2. The summed E-state index contributed by atoms with van der Waals surface area (Å²) in [4.78, 5) is 0. The molecule has 0 bridgehead atoms. The van der Waals surface area contributed by atoms with Crippen molar-refractivity contribution in [2.45, 2.75) is 0 Å². The van der Waals surface area contributed by atoms with E-state index in [-0.39, 0.29) is 45.0 Å². The van der Waals surface area contributed by atoms with E-state index in [4.69, 9.17) is 0 Å². The summed E-state index contributed by atoms with van der Waals surface area (Å²) in [6.07, 6.45) is 0. The second kappa shape index (κ2) is 5.05. The summed E-state index contributed by atoms with van der Waals surface area (Å²) in [5.74, 6) is 0. The van der Waals surface area contributed by atoms with Crippen LogP contribution in [0.15, 0.2) is 0 Å². The van der Waals surface area contributed by atoms with E-state index in [9.17, 15) is 25.9 Å². The van der Waals surface area contributed by atoms with Crippen LogP contribution in [0.2, 0.25) is 0 Å². The first-order chi connectivity index (χ1) is 4.21. The molecule has 0 heterocycles. The van der Waals surface area contributed by atoms with Crippen molar-refractivity contribution < 1.29 is 79.6 Å². The molecule has 0 unspecified atom stereocenters. The third-order valence-corrected chi connectivity index (χ3v) is 0.750. The second-order valence-electron chi connectivity index (χ2n) is 0.953. The molecule has 0 radical (unpaired) electrons. The Kier molecular flexibility index (Phi) is 6.76. The van der Waals surface area contributed by atoms with Crippen LogP contribution in [0.4, 0.5) is 0 Å². The Balaban J connectivity index is 0. The molecule has 0 atom stereocenters. The van der Waals surface area contributed by atoms with Crippen LogP contribution in [-0.4, -0.2) is 25.9 Å². The monoisotopic (exact) mass is 418 g/mol. The zero-order valence-corrected chi connectivity index (χ0v) is 12.2. The first-order valence-corrected chi connectivity index (χ1v) is 4.17. The summed E-state index contributed by atoms with van der Waals surface area (Å²) in [5.41, 5.74) is 0. The van der Waals surface area contributed by atoms with Gasteiger partial charge in [0.1, 0.15) is 0 Å². The van der Waals surface area contributed by atoms with Crippen molar-refractivity contribution in [1.82, 2.24) is 0 Å². The van der Waals surface area contributed by atoms with E-state index >= 15 is 0 Å². The van der Waals surface area contributed by atoms with E-state index in [1.165, 1.54) is 0 Å². The average Bonchev–Trinajstić information content (AvgIpc) is 1.57. The van der Waals surface area contributed by atoms with E-state index in [0.29, 0.717) is 0 Å². The molecule has 62 valence electrons. The molecule has 0 aliphatic rings. The average molecular weight is 418 g/mol. The molecule has 11 heteroatoms. The summed E-state index contributed by atoms with van der Waals surface area (Å²) in [7, 11) is -10.6. The van der Waals surface area contributed by atoms with Crippen molar-refractivity contribution in [2.24, 2.45) is 0 Å². The van der Waals surface area contributed by atoms with Crippen LogP contribution in [0, 0.1) is 45.0 Å². The molecule has 0 aliphatic heterocycles. The van der Waals surface area contributed by atoms with Gasteiger partial charge in [-0.05, 0) is 0 Å². The minimum Gasteiger partial charge on any atom is -0.724 e. The first-order valence-electron chi connectivity index (χ1n) is 1.50. The summed E-state index contributed by atoms with van der Waals surface area (Å²) in [5, 5.41) is 0. The fourth-order valence-corrected chi connectivity index (χ4v) is 0.612. The maximum Gasteiger partial charge on any atom is 2.00 e. The van der Waals surface area contributed by atoms with Gasteiger partial charge in [0.15, 0.2) is 0 Å². The van der Waals surface area contributed by atoms with Gasteiger partial charge in [-0.1, -0.05) is 0 Å². The zero-order chi connectivity index (χ0) is 8.41. The Bertz CT molecular complexity index is 248. The molecule has 11 heavy (non-hydrogen) atoms. The van der Waals surface area contributed by atoms with Gasteiger partial charge in [-0.15, -0.1) is 8.67 Å². The Labute approximate surface area is 99.1 Å². The van der Waals surface area contributed by atoms with Gasteiger partial charge in [0.05, 0.1) is 0 Å². The van der Waals surface area contributed by atoms with Gasteiger partial charge in [-0.3, -0.25) is 0 Å². The van der Waals surface area contributed by atoms with Crippen molar-refractivity contribution in [3.8, 4) is 0 Å². The summed E-state index contributed by atoms with van der Waals surface area (Å²) < 4.78 is 61.5. The zero-order valence-electron chi connectivity index (χ0n) is 4.79. The van der Waals surface area contributed by atoms with Crippen molar-refractivity contribution in [3.63, 3.8) is 0 Å². The van der Waals surface area contributed by atoms with E-state index < -0.39 is 20.8 Å². The van der Waals surface area contributed by atoms with Crippen LogP contribution in [0.5, 0.6) is 0 Å². The molecule has 0 amide bonds. The molecule has 0 rings (SSSR count). The Morgan fingerprint density at radius 1 is 0.818 bits per heavy atom. The third kappa shape index (κ3) is 14.1. The summed E-state index contributed by atoms with van der Waals surface area (Å²) in [6.45, 7) is 0. The van der Waals surface area contributed by atoms with Crippen molar-refractivity contribution >= 4 is 20.8 Å². The maximum atomic E-state index is 9.37. The van der Waals surface area contributed by atoms with Crippen LogP contribution in [0.3, 0.4) is 0 Å². The van der Waals surface area contributed by atoms with Crippen LogP contribution in [0.25, 0.3) is 0 Å². The molecule has 0 fully saturated rings. The van der Waals surface area contributed by atoms with Gasteiger partial charge >= 0.3 is 45.0 Å². The van der Waals surface area contributed by atoms with Gasteiger partial charge in [0.2, 0.25) is 20.8 Å². The molecular formula is O8RaS2. The molecule has 0 saturated heterocycles. The number of hydrogen-bond acceptors (Lipinski definition) is 8. The van der Waals surface area contributed by atoms with Gasteiger partial charge < -0.3 is 9.11 Å². The molecule has 8 nitrogen and oxygen atoms in total. The number of hydrogen-bond donors (Lipinski definition) is 0. The quantitative estimate of drug-likeness (QED) is 0.220. The standard InChI is InChI=1S/H2O8S2.Ra/c1-9(2,3)7-8-10(4,5)6;/h(H,1,2,3)(H,4,5,6);/q;+2/p-2. The van der Waals surface area contributed by atoms with Crippen molar-refractivity contribution in [2.75, 3.05) is 0 Å². The van der Waals surface area contributed by atoms with Crippen molar-refractivity contribution in [3.05, 3.63) is 0 Å². The minimum absolute atomic E-state index is 0. The SMILES string of the molecule is O=S(=O)([O-])OOS(=O)(=O)[O-].[Ra+2]. The fourth-order valence-electron chi connectivity index (χ4n) is 0.0680. The van der Waals surface area contributed by atoms with E-state index in [2.05, 4.69) is 8.67 Å². The Morgan fingerprint density at radius 3 is 1.09 bits per heavy atom. The largest absolute Gasteiger partial charge is 2.00 e. The topological polar surface area (TPSA) is 133 Å². The molecule has 0 spiro atoms. The predicted molar refractivity (Wildman–Crippen MR) is 21.6 cm³/mol. The smallest absolute Gasteiger partial charge is 0.724 e. The maximum absolute atomic E-state index is 9.37. The Hall–Kier alpha value is 1.21. The molecule has 0 N–H and O–H groups in total. The van der Waals surface area contributed by atoms with E-state index in [1.54, 1.807) is 0 Å². The molecular weight excluding hydrogens is 418 g/mol. The van der Waals surface area contributed by atoms with E-state index in [0.717, 1.165) is 0 Å². The molecule has 0 aliphatic carbocycles. The summed E-state index contributed by atoms with van der Waals surface area (Å²) >= 11 is 0. The van der Waals surface area contributed by atoms with Gasteiger partial charge in [0.25, 0.3) is 0 Å². The molecule has 0 saturated carbocycles. The van der Waals surface area contributed by atoms with Gasteiger partial charge in [-0.2, -0.15) is 0 Å². The minimum atomic E-state index is -5.31. The molecule has 0 aromatic rings. The van der Waals surface area contributed by atoms with Gasteiger partial charge in [0, 0.05) is 0 Å². The second-order valence-corrected chi connectivity index (χ2v) is 2.86. The first kappa shape index (κ1) is 14.7. The van der Waals surface area contributed by atoms with Crippen LogP contribution in [0.1, 0.15) is 0 Å². The van der Waals surface area contributed by atoms with E-state index in [1.807, 2.05) is 0 Å². The van der Waals surface area contributed by atoms with Crippen LogP contribution in [-0.2, 0) is 29.5 Å². The van der Waals surface area contributed by atoms with Crippen LogP contribution < -0.4 is 0 Å². The van der Waals surface area contributed by atoms with Crippen LogP contribution >= 0.6 is 0 Å². The predicted octanol–water partition coefficient (Wildman–Crippen LogP) is -2.14. The third-order valence-electron chi connectivity index (χ3n) is 0.194.